The van der Waals surface area contributed by atoms with Crippen molar-refractivity contribution in [2.75, 3.05) is 12.3 Å². The molecular formula is C16H36P2Pd. The van der Waals surface area contributed by atoms with Crippen LogP contribution in [0.25, 0.3) is 0 Å². The Labute approximate surface area is 139 Å². The Morgan fingerprint density at radius 1 is 0.579 bits per heavy atom. The normalized spacial score (nSPS) is 11.3. The quantitative estimate of drug-likeness (QED) is 0.266. The van der Waals surface area contributed by atoms with E-state index in [1.807, 2.05) is 0 Å². The van der Waals surface area contributed by atoms with Crippen LogP contribution in [0.5, 0.6) is 0 Å². The Balaban J connectivity index is -0.000000809. The fourth-order valence-corrected chi connectivity index (χ4v) is 8.75. The topological polar surface area (TPSA) is 0 Å². The van der Waals surface area contributed by atoms with Gasteiger partial charge in [-0.25, -0.2) is 0 Å². The van der Waals surface area contributed by atoms with E-state index in [9.17, 15) is 0 Å². The second-order valence-corrected chi connectivity index (χ2v) is 12.9. The summed E-state index contributed by atoms with van der Waals surface area (Å²) in [6, 6.07) is 0. The Morgan fingerprint density at radius 2 is 0.737 bits per heavy atom. The summed E-state index contributed by atoms with van der Waals surface area (Å²) in [5.41, 5.74) is 3.63. The van der Waals surface area contributed by atoms with Crippen LogP contribution in [-0.2, 0) is 20.4 Å². The van der Waals surface area contributed by atoms with E-state index < -0.39 is 0 Å². The maximum atomic E-state index is 3.00. The molecule has 0 aromatic heterocycles. The van der Waals surface area contributed by atoms with E-state index in [4.69, 9.17) is 0 Å². The van der Waals surface area contributed by atoms with Gasteiger partial charge in [-0.3, -0.25) is 0 Å². The predicted octanol–water partition coefficient (Wildman–Crippen LogP) is 6.38. The van der Waals surface area contributed by atoms with Crippen molar-refractivity contribution in [3.8, 4) is 0 Å². The van der Waals surface area contributed by atoms with E-state index in [0.29, 0.717) is 0 Å². The van der Waals surface area contributed by atoms with Gasteiger partial charge >= 0.3 is 0 Å². The van der Waals surface area contributed by atoms with Crippen molar-refractivity contribution >= 4 is 15.8 Å². The van der Waals surface area contributed by atoms with Gasteiger partial charge in [0.1, 0.15) is 0 Å². The minimum absolute atomic E-state index is 0. The van der Waals surface area contributed by atoms with Crippen molar-refractivity contribution in [3.05, 3.63) is 13.2 Å². The van der Waals surface area contributed by atoms with Gasteiger partial charge in [0.15, 0.2) is 0 Å². The molecule has 0 unspecified atom stereocenters. The van der Waals surface area contributed by atoms with Crippen LogP contribution < -0.4 is 0 Å². The van der Waals surface area contributed by atoms with Crippen molar-refractivity contribution in [2.24, 2.45) is 0 Å². The summed E-state index contributed by atoms with van der Waals surface area (Å²) in [4.78, 5) is 0. The van der Waals surface area contributed by atoms with Crippen LogP contribution in [0.3, 0.4) is 0 Å². The van der Waals surface area contributed by atoms with Crippen LogP contribution in [0, 0.1) is 0 Å². The molecule has 0 atom stereocenters. The summed E-state index contributed by atoms with van der Waals surface area (Å²) in [6.45, 7) is 25.3. The molecule has 0 saturated carbocycles. The first-order valence-corrected chi connectivity index (χ1v) is 10.6. The molecule has 0 radical (unpaired) electrons. The fraction of sp³-hybridized carbons (Fsp3) is 0.875. The third-order valence-electron chi connectivity index (χ3n) is 3.27. The van der Waals surface area contributed by atoms with Gasteiger partial charge in [0.25, 0.3) is 0 Å². The molecule has 0 aromatic rings. The molecule has 19 heavy (non-hydrogen) atoms. The van der Waals surface area contributed by atoms with Crippen LogP contribution in [-0.4, -0.2) is 35.0 Å². The van der Waals surface area contributed by atoms with Crippen LogP contribution in [0.4, 0.5) is 0 Å². The zero-order valence-electron chi connectivity index (χ0n) is 14.3. The average molecular weight is 397 g/mol. The van der Waals surface area contributed by atoms with Gasteiger partial charge in [0, 0.05) is 20.4 Å². The van der Waals surface area contributed by atoms with Gasteiger partial charge in [-0.2, -0.15) is 0 Å². The summed E-state index contributed by atoms with van der Waals surface area (Å²) in [5, 5.41) is 0. The number of rotatable bonds is 7. The van der Waals surface area contributed by atoms with Gasteiger partial charge < -0.3 is 0 Å². The first-order chi connectivity index (χ1) is 8.27. The van der Waals surface area contributed by atoms with Gasteiger partial charge in [-0.15, -0.1) is 29.0 Å². The Morgan fingerprint density at radius 3 is 0.842 bits per heavy atom. The maximum Gasteiger partial charge on any atom is 0 e. The van der Waals surface area contributed by atoms with E-state index in [1.165, 1.54) is 12.3 Å². The van der Waals surface area contributed by atoms with Crippen molar-refractivity contribution in [1.82, 2.24) is 0 Å². The molecule has 0 aromatic carbocycles. The third-order valence-corrected chi connectivity index (χ3v) is 10.4. The molecule has 3 heteroatoms. The van der Waals surface area contributed by atoms with Crippen LogP contribution >= 0.6 is 15.8 Å². The summed E-state index contributed by atoms with van der Waals surface area (Å²) in [6.07, 6.45) is 3.01. The van der Waals surface area contributed by atoms with Crippen LogP contribution in [0.1, 0.15) is 55.4 Å². The standard InChI is InChI=1S/C14H32P2.C2H4.Pd/c1-11(2)15(12(3)4)9-10-16(13(5)6)14(7)8;1-2;/h11-14H,9-10H2,1-8H3;1-2H2;. The van der Waals surface area contributed by atoms with Gasteiger partial charge in [0.2, 0.25) is 0 Å². The number of hydrogen-bond donors (Lipinski definition) is 0. The molecule has 0 aliphatic carbocycles. The summed E-state index contributed by atoms with van der Waals surface area (Å²) in [7, 11) is 0.511. The largest absolute Gasteiger partial charge is 0.106 e. The smallest absolute Gasteiger partial charge is 0 e. The molecule has 0 aliphatic rings. The molecule has 0 bridgehead atoms. The van der Waals surface area contributed by atoms with Gasteiger partial charge in [0.05, 0.1) is 0 Å². The third kappa shape index (κ3) is 11.6. The van der Waals surface area contributed by atoms with Crippen molar-refractivity contribution in [1.29, 1.82) is 0 Å². The Bertz CT molecular complexity index is 155. The van der Waals surface area contributed by atoms with Gasteiger partial charge in [-0.05, 0) is 35.0 Å². The maximum absolute atomic E-state index is 3.00. The molecule has 0 spiro atoms. The summed E-state index contributed by atoms with van der Waals surface area (Å²) in [5.74, 6) is 0. The molecule has 0 rings (SSSR count). The zero-order chi connectivity index (χ0) is 14.9. The molecule has 0 N–H and O–H groups in total. The average Bonchev–Trinajstić information content (AvgIpc) is 2.24. The first kappa shape index (κ1) is 25.2. The van der Waals surface area contributed by atoms with Crippen LogP contribution in [0.2, 0.25) is 0 Å². The van der Waals surface area contributed by atoms with Crippen molar-refractivity contribution in [2.45, 2.75) is 78.0 Å². The van der Waals surface area contributed by atoms with E-state index >= 15 is 0 Å². The molecule has 0 fully saturated rings. The second kappa shape index (κ2) is 14.2. The Kier molecular flexibility index (Phi) is 18.9. The monoisotopic (exact) mass is 396 g/mol. The molecule has 0 heterocycles. The van der Waals surface area contributed by atoms with E-state index in [1.54, 1.807) is 0 Å². The van der Waals surface area contributed by atoms with Gasteiger partial charge in [-0.1, -0.05) is 55.4 Å². The first-order valence-electron chi connectivity index (χ1n) is 7.28. The molecule has 120 valence electrons. The molecule has 0 saturated heterocycles. The van der Waals surface area contributed by atoms with E-state index in [0.717, 1.165) is 22.6 Å². The summed E-state index contributed by atoms with van der Waals surface area (Å²) < 4.78 is 0. The van der Waals surface area contributed by atoms with E-state index in [2.05, 4.69) is 68.5 Å². The Hall–Kier alpha value is 1.26. The second-order valence-electron chi connectivity index (χ2n) is 5.85. The summed E-state index contributed by atoms with van der Waals surface area (Å²) >= 11 is 0. The van der Waals surface area contributed by atoms with Crippen LogP contribution in [0.15, 0.2) is 13.2 Å². The molecule has 0 nitrogen and oxygen atoms in total. The molecule has 0 amide bonds. The van der Waals surface area contributed by atoms with Crippen molar-refractivity contribution in [3.63, 3.8) is 0 Å². The van der Waals surface area contributed by atoms with E-state index in [-0.39, 0.29) is 36.3 Å². The minimum atomic E-state index is 0. The number of hydrogen-bond acceptors (Lipinski definition) is 0. The molecule has 0 aliphatic heterocycles. The fourth-order valence-electron chi connectivity index (χ4n) is 2.46. The zero-order valence-corrected chi connectivity index (χ0v) is 17.7. The minimum Gasteiger partial charge on any atom is -0.106 e. The van der Waals surface area contributed by atoms with Crippen molar-refractivity contribution < 1.29 is 20.4 Å². The SMILES string of the molecule is C=C.CC(C)P(CCP(C(C)C)C(C)C)C(C)C.[Pd]. The molecular weight excluding hydrogens is 361 g/mol. The predicted molar refractivity (Wildman–Crippen MR) is 95.4 cm³/mol.